The number of rotatable bonds is 4. The predicted molar refractivity (Wildman–Crippen MR) is 83.7 cm³/mol. The zero-order valence-electron chi connectivity index (χ0n) is 12.7. The highest BCUT2D eigenvalue weighted by atomic mass is 32.2. The van der Waals surface area contributed by atoms with Gasteiger partial charge in [-0.05, 0) is 37.8 Å². The molecule has 0 aromatic heterocycles. The molecule has 0 aliphatic carbocycles. The van der Waals surface area contributed by atoms with Crippen LogP contribution in [-0.4, -0.2) is 33.3 Å². The quantitative estimate of drug-likeness (QED) is 0.927. The lowest BCUT2D eigenvalue weighted by molar-refractivity contribution is 0.377. The van der Waals surface area contributed by atoms with Crippen molar-refractivity contribution in [1.29, 1.82) is 0 Å². The molecule has 0 bridgehead atoms. The van der Waals surface area contributed by atoms with E-state index >= 15 is 0 Å². The fraction of sp³-hybridized carbons (Fsp3) is 0.600. The third-order valence-corrected chi connectivity index (χ3v) is 4.72. The molecule has 1 atom stereocenters. The van der Waals surface area contributed by atoms with Crippen molar-refractivity contribution >= 4 is 15.7 Å². The van der Waals surface area contributed by atoms with E-state index in [0.717, 1.165) is 6.42 Å². The fourth-order valence-electron chi connectivity index (χ4n) is 3.21. The van der Waals surface area contributed by atoms with Crippen molar-refractivity contribution in [3.8, 4) is 0 Å². The molecule has 0 spiro atoms. The van der Waals surface area contributed by atoms with Gasteiger partial charge >= 0.3 is 0 Å². The van der Waals surface area contributed by atoms with E-state index in [2.05, 4.69) is 48.6 Å². The Hall–Kier alpha value is -1.07. The minimum absolute atomic E-state index is 0.0347. The van der Waals surface area contributed by atoms with Crippen LogP contribution in [0.25, 0.3) is 0 Å². The van der Waals surface area contributed by atoms with Crippen LogP contribution in [0.1, 0.15) is 38.7 Å². The largest absolute Gasteiger partial charge is 0.365 e. The Morgan fingerprint density at radius 1 is 1.35 bits per heavy atom. The SMILES string of the molecule is CC1CC(C)(C)N(CCNS(C)(=O)=O)c2ccccc21. The lowest BCUT2D eigenvalue weighted by Gasteiger charge is -2.47. The lowest BCUT2D eigenvalue weighted by Crippen LogP contribution is -2.51. The highest BCUT2D eigenvalue weighted by Crippen LogP contribution is 2.42. The second kappa shape index (κ2) is 5.37. The van der Waals surface area contributed by atoms with Gasteiger partial charge in [0.1, 0.15) is 0 Å². The first-order valence-electron chi connectivity index (χ1n) is 7.02. The standard InChI is InChI=1S/C15H24N2O2S/c1-12-11-15(2,3)17(10-9-16-20(4,18)19)14-8-6-5-7-13(12)14/h5-8,12,16H,9-11H2,1-4H3. The zero-order chi connectivity index (χ0) is 15.0. The monoisotopic (exact) mass is 296 g/mol. The van der Waals surface area contributed by atoms with Crippen LogP contribution in [0.2, 0.25) is 0 Å². The molecule has 1 aliphatic heterocycles. The Balaban J connectivity index is 2.23. The van der Waals surface area contributed by atoms with Gasteiger partial charge in [-0.15, -0.1) is 0 Å². The second-order valence-corrected chi connectivity index (χ2v) is 8.13. The molecule has 0 saturated carbocycles. The molecule has 1 aromatic rings. The van der Waals surface area contributed by atoms with Crippen molar-refractivity contribution < 1.29 is 8.42 Å². The van der Waals surface area contributed by atoms with Crippen molar-refractivity contribution in [3.63, 3.8) is 0 Å². The highest BCUT2D eigenvalue weighted by molar-refractivity contribution is 7.88. The van der Waals surface area contributed by atoms with Crippen molar-refractivity contribution in [1.82, 2.24) is 4.72 Å². The number of hydrogen-bond donors (Lipinski definition) is 1. The summed E-state index contributed by atoms with van der Waals surface area (Å²) < 4.78 is 25.0. The van der Waals surface area contributed by atoms with E-state index in [1.807, 2.05) is 6.07 Å². The molecule has 0 amide bonds. The van der Waals surface area contributed by atoms with Crippen LogP contribution in [0.5, 0.6) is 0 Å². The molecule has 0 fully saturated rings. The van der Waals surface area contributed by atoms with Crippen molar-refractivity contribution in [2.24, 2.45) is 0 Å². The van der Waals surface area contributed by atoms with Crippen molar-refractivity contribution in [2.75, 3.05) is 24.2 Å². The first kappa shape index (κ1) is 15.3. The smallest absolute Gasteiger partial charge is 0.208 e. The van der Waals surface area contributed by atoms with Gasteiger partial charge in [0.2, 0.25) is 10.0 Å². The summed E-state index contributed by atoms with van der Waals surface area (Å²) in [6.45, 7) is 7.82. The number of nitrogens with one attached hydrogen (secondary N) is 1. The van der Waals surface area contributed by atoms with E-state index in [1.165, 1.54) is 17.5 Å². The number of anilines is 1. The van der Waals surface area contributed by atoms with Gasteiger partial charge in [-0.25, -0.2) is 13.1 Å². The van der Waals surface area contributed by atoms with Gasteiger partial charge in [0.15, 0.2) is 0 Å². The summed E-state index contributed by atoms with van der Waals surface area (Å²) in [4.78, 5) is 2.32. The van der Waals surface area contributed by atoms with Gasteiger partial charge in [-0.1, -0.05) is 25.1 Å². The normalized spacial score (nSPS) is 21.6. The number of sulfonamides is 1. The molecule has 20 heavy (non-hydrogen) atoms. The van der Waals surface area contributed by atoms with Crippen LogP contribution in [0.4, 0.5) is 5.69 Å². The lowest BCUT2D eigenvalue weighted by atomic mass is 9.80. The molecule has 1 aromatic carbocycles. The Labute approximate surface area is 122 Å². The third kappa shape index (κ3) is 3.33. The van der Waals surface area contributed by atoms with E-state index in [4.69, 9.17) is 0 Å². The zero-order valence-corrected chi connectivity index (χ0v) is 13.5. The van der Waals surface area contributed by atoms with Gasteiger partial charge in [0, 0.05) is 24.3 Å². The number of fused-ring (bicyclic) bond motifs is 1. The summed E-state index contributed by atoms with van der Waals surface area (Å²) in [7, 11) is -3.13. The molecule has 1 heterocycles. The Bertz CT molecular complexity index is 581. The number of nitrogens with zero attached hydrogens (tertiary/aromatic N) is 1. The highest BCUT2D eigenvalue weighted by Gasteiger charge is 2.35. The van der Waals surface area contributed by atoms with Gasteiger partial charge in [0.05, 0.1) is 6.26 Å². The predicted octanol–water partition coefficient (Wildman–Crippen LogP) is 2.33. The van der Waals surface area contributed by atoms with Crippen molar-refractivity contribution in [2.45, 2.75) is 38.6 Å². The molecule has 1 unspecified atom stereocenters. The van der Waals surface area contributed by atoms with Crippen LogP contribution >= 0.6 is 0 Å². The topological polar surface area (TPSA) is 49.4 Å². The summed E-state index contributed by atoms with van der Waals surface area (Å²) in [6.07, 6.45) is 2.27. The third-order valence-electron chi connectivity index (χ3n) is 3.99. The molecule has 2 rings (SSSR count). The minimum atomic E-state index is -3.13. The average molecular weight is 296 g/mol. The van der Waals surface area contributed by atoms with Gasteiger partial charge < -0.3 is 4.90 Å². The van der Waals surface area contributed by atoms with E-state index in [0.29, 0.717) is 19.0 Å². The summed E-state index contributed by atoms with van der Waals surface area (Å²) in [6, 6.07) is 8.42. The molecular formula is C15H24N2O2S. The molecule has 4 nitrogen and oxygen atoms in total. The molecule has 0 saturated heterocycles. The molecule has 1 N–H and O–H groups in total. The first-order valence-corrected chi connectivity index (χ1v) is 8.91. The second-order valence-electron chi connectivity index (χ2n) is 6.29. The Morgan fingerprint density at radius 2 is 2.00 bits per heavy atom. The van der Waals surface area contributed by atoms with Crippen LogP contribution in [-0.2, 0) is 10.0 Å². The van der Waals surface area contributed by atoms with Crippen LogP contribution in [0.15, 0.2) is 24.3 Å². The average Bonchev–Trinajstić information content (AvgIpc) is 2.31. The fourth-order valence-corrected chi connectivity index (χ4v) is 3.67. The molecular weight excluding hydrogens is 272 g/mol. The van der Waals surface area contributed by atoms with Gasteiger partial charge in [0.25, 0.3) is 0 Å². The molecule has 112 valence electrons. The summed E-state index contributed by atoms with van der Waals surface area (Å²) in [5, 5.41) is 0. The number of hydrogen-bond acceptors (Lipinski definition) is 3. The Kier molecular flexibility index (Phi) is 4.12. The van der Waals surface area contributed by atoms with E-state index < -0.39 is 10.0 Å². The van der Waals surface area contributed by atoms with Crippen LogP contribution in [0, 0.1) is 0 Å². The maximum absolute atomic E-state index is 11.2. The van der Waals surface area contributed by atoms with E-state index in [-0.39, 0.29) is 5.54 Å². The van der Waals surface area contributed by atoms with Crippen LogP contribution in [0.3, 0.4) is 0 Å². The van der Waals surface area contributed by atoms with E-state index in [9.17, 15) is 8.42 Å². The van der Waals surface area contributed by atoms with Gasteiger partial charge in [-0.3, -0.25) is 0 Å². The molecule has 0 radical (unpaired) electrons. The van der Waals surface area contributed by atoms with Crippen molar-refractivity contribution in [3.05, 3.63) is 29.8 Å². The summed E-state index contributed by atoms with van der Waals surface area (Å²) in [5.41, 5.74) is 2.62. The maximum Gasteiger partial charge on any atom is 0.208 e. The first-order chi connectivity index (χ1) is 9.21. The van der Waals surface area contributed by atoms with Gasteiger partial charge in [-0.2, -0.15) is 0 Å². The van der Waals surface area contributed by atoms with E-state index in [1.54, 1.807) is 0 Å². The Morgan fingerprint density at radius 3 is 2.65 bits per heavy atom. The number of para-hydroxylation sites is 1. The number of benzene rings is 1. The molecule has 1 aliphatic rings. The summed E-state index contributed by atoms with van der Waals surface area (Å²) >= 11 is 0. The summed E-state index contributed by atoms with van der Waals surface area (Å²) in [5.74, 6) is 0.528. The van der Waals surface area contributed by atoms with Crippen LogP contribution < -0.4 is 9.62 Å². The molecule has 5 heteroatoms. The minimum Gasteiger partial charge on any atom is -0.365 e. The maximum atomic E-state index is 11.2.